The molecular weight excluding hydrogens is 408 g/mol. The molecule has 0 spiro atoms. The lowest BCUT2D eigenvalue weighted by Gasteiger charge is -2.23. The molecule has 2 heterocycles. The van der Waals surface area contributed by atoms with Crippen molar-refractivity contribution < 1.29 is 13.5 Å². The van der Waals surface area contributed by atoms with Crippen LogP contribution < -0.4 is 0 Å². The average Bonchev–Trinajstić information content (AvgIpc) is 3.14. The van der Waals surface area contributed by atoms with Crippen LogP contribution in [0.15, 0.2) is 53.6 Å². The van der Waals surface area contributed by atoms with E-state index in [0.717, 1.165) is 29.7 Å². The number of hydrogen-bond donors (Lipinski definition) is 1. The summed E-state index contributed by atoms with van der Waals surface area (Å²) in [5.41, 5.74) is 0.456. The fourth-order valence-corrected chi connectivity index (χ4v) is 5.43. The van der Waals surface area contributed by atoms with Gasteiger partial charge < -0.3 is 5.11 Å². The highest BCUT2D eigenvalue weighted by atomic mass is 35.5. The fraction of sp³-hybridized carbons (Fsp3) is 0.318. The van der Waals surface area contributed by atoms with Gasteiger partial charge in [0.1, 0.15) is 11.8 Å². The molecule has 1 unspecified atom stereocenters. The zero-order chi connectivity index (χ0) is 20.4. The number of benzene rings is 1. The largest absolute Gasteiger partial charge is 0.380 e. The number of halogens is 1. The highest BCUT2D eigenvalue weighted by Crippen LogP contribution is 2.29. The highest BCUT2D eigenvalue weighted by molar-refractivity contribution is 7.90. The van der Waals surface area contributed by atoms with E-state index in [4.69, 9.17) is 11.6 Å². The minimum Gasteiger partial charge on any atom is -0.380 e. The summed E-state index contributed by atoms with van der Waals surface area (Å²) in [4.78, 5) is 4.37. The third-order valence-corrected chi connectivity index (χ3v) is 7.38. The minimum absolute atomic E-state index is 0.126. The van der Waals surface area contributed by atoms with Crippen LogP contribution in [0.3, 0.4) is 0 Å². The van der Waals surface area contributed by atoms with Gasteiger partial charge in [-0.25, -0.2) is 17.4 Å². The summed E-state index contributed by atoms with van der Waals surface area (Å²) in [5.74, 6) is 5.88. The minimum atomic E-state index is -3.93. The van der Waals surface area contributed by atoms with Crippen molar-refractivity contribution in [3.05, 3.63) is 59.4 Å². The summed E-state index contributed by atoms with van der Waals surface area (Å²) >= 11 is 6.28. The van der Waals surface area contributed by atoms with E-state index >= 15 is 0 Å². The van der Waals surface area contributed by atoms with E-state index in [1.54, 1.807) is 30.3 Å². The van der Waals surface area contributed by atoms with Crippen LogP contribution in [0.1, 0.15) is 37.8 Å². The van der Waals surface area contributed by atoms with Crippen molar-refractivity contribution in [2.75, 3.05) is 0 Å². The molecule has 1 atom stereocenters. The van der Waals surface area contributed by atoms with E-state index in [9.17, 15) is 13.5 Å². The molecule has 7 heteroatoms. The molecule has 0 bridgehead atoms. The Kier molecular flexibility index (Phi) is 5.64. The van der Waals surface area contributed by atoms with Gasteiger partial charge in [-0.2, -0.15) is 0 Å². The van der Waals surface area contributed by atoms with E-state index < -0.39 is 16.1 Å². The Hall–Kier alpha value is -2.33. The van der Waals surface area contributed by atoms with Gasteiger partial charge >= 0.3 is 0 Å². The maximum absolute atomic E-state index is 13.3. The van der Waals surface area contributed by atoms with Crippen molar-refractivity contribution in [1.82, 2.24) is 8.96 Å². The van der Waals surface area contributed by atoms with Crippen molar-refractivity contribution in [3.63, 3.8) is 0 Å². The van der Waals surface area contributed by atoms with Crippen LogP contribution >= 0.6 is 11.6 Å². The van der Waals surface area contributed by atoms with Crippen LogP contribution in [0, 0.1) is 17.8 Å². The third-order valence-electron chi connectivity index (χ3n) is 5.33. The van der Waals surface area contributed by atoms with Gasteiger partial charge in [-0.05, 0) is 48.9 Å². The quantitative estimate of drug-likeness (QED) is 0.634. The first-order valence-electron chi connectivity index (χ1n) is 9.64. The molecule has 1 fully saturated rings. The number of pyridine rings is 1. The van der Waals surface area contributed by atoms with Gasteiger partial charge in [0.05, 0.1) is 9.92 Å². The second kappa shape index (κ2) is 8.19. The predicted molar refractivity (Wildman–Crippen MR) is 113 cm³/mol. The molecule has 1 aliphatic carbocycles. The first kappa shape index (κ1) is 20.0. The first-order chi connectivity index (χ1) is 14.0. The number of fused-ring (bicyclic) bond motifs is 1. The molecular formula is C22H21ClN2O3S. The van der Waals surface area contributed by atoms with Gasteiger partial charge in [0, 0.05) is 11.6 Å². The van der Waals surface area contributed by atoms with E-state index in [0.29, 0.717) is 10.4 Å². The van der Waals surface area contributed by atoms with Crippen LogP contribution in [0.4, 0.5) is 0 Å². The summed E-state index contributed by atoms with van der Waals surface area (Å²) in [5, 5.41) is 11.4. The van der Waals surface area contributed by atoms with Crippen LogP contribution in [0.25, 0.3) is 11.0 Å². The van der Waals surface area contributed by atoms with Crippen LogP contribution in [0.5, 0.6) is 0 Å². The monoisotopic (exact) mass is 428 g/mol. The van der Waals surface area contributed by atoms with Crippen molar-refractivity contribution in [1.29, 1.82) is 0 Å². The summed E-state index contributed by atoms with van der Waals surface area (Å²) in [6.45, 7) is 0. The second-order valence-electron chi connectivity index (χ2n) is 7.25. The summed E-state index contributed by atoms with van der Waals surface area (Å²) in [6, 6.07) is 11.4. The van der Waals surface area contributed by atoms with Crippen LogP contribution in [0.2, 0.25) is 5.02 Å². The standard InChI is InChI=1S/C22H21ClN2O3S/c23-20-13-14-24-22-19(20)15-17(11-12-21(26)16-7-3-1-4-8-16)25(22)29(27,28)18-9-5-2-6-10-18/h2,5-6,9-10,13-16,21,26H,1,3-4,7-8H2. The maximum atomic E-state index is 13.3. The zero-order valence-corrected chi connectivity index (χ0v) is 17.3. The van der Waals surface area contributed by atoms with Gasteiger partial charge in [-0.3, -0.25) is 0 Å². The molecule has 4 rings (SSSR count). The Morgan fingerprint density at radius 2 is 1.86 bits per heavy atom. The Labute approximate surface area is 175 Å². The molecule has 0 amide bonds. The summed E-state index contributed by atoms with van der Waals surface area (Å²) in [7, 11) is -3.93. The number of aliphatic hydroxyl groups excluding tert-OH is 1. The lowest BCUT2D eigenvalue weighted by Crippen LogP contribution is -2.21. The molecule has 1 aromatic carbocycles. The van der Waals surface area contributed by atoms with Crippen molar-refractivity contribution >= 4 is 32.7 Å². The molecule has 1 N–H and O–H groups in total. The molecule has 2 aromatic heterocycles. The average molecular weight is 429 g/mol. The summed E-state index contributed by atoms with van der Waals surface area (Å²) < 4.78 is 27.8. The van der Waals surface area contributed by atoms with Gasteiger partial charge in [0.15, 0.2) is 5.65 Å². The van der Waals surface area contributed by atoms with Crippen LogP contribution in [-0.4, -0.2) is 28.6 Å². The maximum Gasteiger partial charge on any atom is 0.270 e. The number of nitrogens with zero attached hydrogens (tertiary/aromatic N) is 2. The topological polar surface area (TPSA) is 72.2 Å². The molecule has 5 nitrogen and oxygen atoms in total. The number of rotatable bonds is 3. The Balaban J connectivity index is 1.84. The molecule has 0 radical (unpaired) electrons. The molecule has 0 saturated heterocycles. The van der Waals surface area contributed by atoms with E-state index in [1.807, 2.05) is 0 Å². The predicted octanol–water partition coefficient (Wildman–Crippen LogP) is 4.22. The SMILES string of the molecule is O=S(=O)(c1ccccc1)n1c(C#CC(O)C2CCCCC2)cc2c(Cl)ccnc21. The highest BCUT2D eigenvalue weighted by Gasteiger charge is 2.25. The summed E-state index contributed by atoms with van der Waals surface area (Å²) in [6.07, 6.45) is 5.92. The lowest BCUT2D eigenvalue weighted by molar-refractivity contribution is 0.133. The zero-order valence-electron chi connectivity index (χ0n) is 15.8. The van der Waals surface area contributed by atoms with Crippen molar-refractivity contribution in [2.45, 2.75) is 43.1 Å². The smallest absolute Gasteiger partial charge is 0.270 e. The van der Waals surface area contributed by atoms with E-state index in [2.05, 4.69) is 16.8 Å². The van der Waals surface area contributed by atoms with Crippen molar-refractivity contribution in [3.8, 4) is 11.8 Å². The first-order valence-corrected chi connectivity index (χ1v) is 11.5. The van der Waals surface area contributed by atoms with E-state index in [-0.39, 0.29) is 22.2 Å². The Morgan fingerprint density at radius 1 is 1.14 bits per heavy atom. The number of aliphatic hydroxyl groups is 1. The molecule has 1 saturated carbocycles. The van der Waals surface area contributed by atoms with Gasteiger partial charge in [-0.15, -0.1) is 0 Å². The second-order valence-corrected chi connectivity index (χ2v) is 9.45. The third kappa shape index (κ3) is 3.91. The van der Waals surface area contributed by atoms with Gasteiger partial charge in [0.2, 0.25) is 0 Å². The molecule has 0 aliphatic heterocycles. The number of aromatic nitrogens is 2. The normalized spacial score (nSPS) is 16.3. The Morgan fingerprint density at radius 3 is 2.59 bits per heavy atom. The lowest BCUT2D eigenvalue weighted by atomic mass is 9.85. The molecule has 1 aliphatic rings. The molecule has 150 valence electrons. The molecule has 3 aromatic rings. The van der Waals surface area contributed by atoms with Crippen LogP contribution in [-0.2, 0) is 10.0 Å². The molecule has 29 heavy (non-hydrogen) atoms. The fourth-order valence-electron chi connectivity index (χ4n) is 3.79. The van der Waals surface area contributed by atoms with Gasteiger partial charge in [0.25, 0.3) is 10.0 Å². The number of hydrogen-bond acceptors (Lipinski definition) is 4. The van der Waals surface area contributed by atoms with E-state index in [1.165, 1.54) is 24.8 Å². The Bertz CT molecular complexity index is 1190. The van der Waals surface area contributed by atoms with Gasteiger partial charge in [-0.1, -0.05) is 55.0 Å². The van der Waals surface area contributed by atoms with Crippen molar-refractivity contribution in [2.24, 2.45) is 5.92 Å².